The summed E-state index contributed by atoms with van der Waals surface area (Å²) in [4.78, 5) is 15.1. The first kappa shape index (κ1) is 12.5. The zero-order valence-corrected chi connectivity index (χ0v) is 11.4. The number of nitrogens with zero attached hydrogens (tertiary/aromatic N) is 1. The second kappa shape index (κ2) is 5.21. The molecule has 1 saturated carbocycles. The number of fused-ring (bicyclic) bond motifs is 1. The first-order chi connectivity index (χ1) is 9.29. The molecule has 1 aromatic carbocycles. The van der Waals surface area contributed by atoms with E-state index in [9.17, 15) is 4.79 Å². The first-order valence-electron chi connectivity index (χ1n) is 7.22. The number of rotatable bonds is 3. The molecule has 2 N–H and O–H groups in total. The minimum absolute atomic E-state index is 0.0353. The minimum atomic E-state index is 0.0353. The molecule has 102 valence electrons. The lowest BCUT2D eigenvalue weighted by molar-refractivity contribution is 0.294. The van der Waals surface area contributed by atoms with E-state index in [-0.39, 0.29) is 5.69 Å². The third-order valence-electron chi connectivity index (χ3n) is 4.18. The van der Waals surface area contributed by atoms with Crippen LogP contribution in [-0.2, 0) is 0 Å². The Morgan fingerprint density at radius 1 is 1.26 bits per heavy atom. The molecule has 4 nitrogen and oxygen atoms in total. The maximum atomic E-state index is 12.1. The molecular formula is C15H21N3O. The topological polar surface area (TPSA) is 49.8 Å². The van der Waals surface area contributed by atoms with Crippen LogP contribution < -0.4 is 11.0 Å². The van der Waals surface area contributed by atoms with Gasteiger partial charge in [-0.2, -0.15) is 0 Å². The second-order valence-electron chi connectivity index (χ2n) is 5.38. The third-order valence-corrected chi connectivity index (χ3v) is 4.18. The van der Waals surface area contributed by atoms with Crippen molar-refractivity contribution >= 4 is 11.0 Å². The average molecular weight is 259 g/mol. The average Bonchev–Trinajstić information content (AvgIpc) is 2.76. The summed E-state index contributed by atoms with van der Waals surface area (Å²) in [6.45, 7) is 3.18. The predicted octanol–water partition coefficient (Wildman–Crippen LogP) is 2.42. The van der Waals surface area contributed by atoms with Gasteiger partial charge in [-0.05, 0) is 44.4 Å². The fraction of sp³-hybridized carbons (Fsp3) is 0.533. The van der Waals surface area contributed by atoms with Gasteiger partial charge < -0.3 is 10.3 Å². The van der Waals surface area contributed by atoms with Crippen molar-refractivity contribution in [3.05, 3.63) is 34.7 Å². The van der Waals surface area contributed by atoms with E-state index in [4.69, 9.17) is 0 Å². The van der Waals surface area contributed by atoms with Crippen LogP contribution in [0.5, 0.6) is 0 Å². The van der Waals surface area contributed by atoms with E-state index in [1.807, 2.05) is 28.8 Å². The minimum Gasteiger partial charge on any atom is -0.314 e. The van der Waals surface area contributed by atoms with Crippen molar-refractivity contribution in [1.82, 2.24) is 14.9 Å². The molecule has 4 heteroatoms. The summed E-state index contributed by atoms with van der Waals surface area (Å²) in [5.74, 6) is 0. The Kier molecular flexibility index (Phi) is 3.42. The van der Waals surface area contributed by atoms with Crippen molar-refractivity contribution in [3.8, 4) is 0 Å². The molecule has 0 spiro atoms. The van der Waals surface area contributed by atoms with Gasteiger partial charge in [0.05, 0.1) is 11.0 Å². The molecule has 1 aliphatic carbocycles. The van der Waals surface area contributed by atoms with Crippen molar-refractivity contribution in [2.45, 2.75) is 44.7 Å². The van der Waals surface area contributed by atoms with Gasteiger partial charge in [0.15, 0.2) is 0 Å². The van der Waals surface area contributed by atoms with E-state index in [1.165, 1.54) is 0 Å². The Hall–Kier alpha value is -1.55. The number of H-pyrrole nitrogens is 1. The summed E-state index contributed by atoms with van der Waals surface area (Å²) in [5, 5.41) is 3.51. The molecule has 2 aromatic rings. The number of hydrogen-bond acceptors (Lipinski definition) is 2. The van der Waals surface area contributed by atoms with Crippen LogP contribution in [-0.4, -0.2) is 22.1 Å². The number of para-hydroxylation sites is 2. The fourth-order valence-corrected chi connectivity index (χ4v) is 3.26. The zero-order valence-electron chi connectivity index (χ0n) is 11.4. The highest BCUT2D eigenvalue weighted by Crippen LogP contribution is 2.29. The lowest BCUT2D eigenvalue weighted by Crippen LogP contribution is -2.35. The molecule has 0 aliphatic heterocycles. The van der Waals surface area contributed by atoms with Gasteiger partial charge in [-0.1, -0.05) is 19.1 Å². The summed E-state index contributed by atoms with van der Waals surface area (Å²) < 4.78 is 1.96. The van der Waals surface area contributed by atoms with Crippen LogP contribution in [0.2, 0.25) is 0 Å². The van der Waals surface area contributed by atoms with E-state index >= 15 is 0 Å². The van der Waals surface area contributed by atoms with Crippen LogP contribution in [0.3, 0.4) is 0 Å². The van der Waals surface area contributed by atoms with Crippen molar-refractivity contribution < 1.29 is 0 Å². The number of benzene rings is 1. The molecule has 0 saturated heterocycles. The highest BCUT2D eigenvalue weighted by atomic mass is 16.1. The van der Waals surface area contributed by atoms with Crippen molar-refractivity contribution in [3.63, 3.8) is 0 Å². The zero-order chi connectivity index (χ0) is 13.2. The summed E-state index contributed by atoms with van der Waals surface area (Å²) in [7, 11) is 0. The van der Waals surface area contributed by atoms with Gasteiger partial charge in [-0.25, -0.2) is 4.79 Å². The molecule has 0 bridgehead atoms. The Labute approximate surface area is 112 Å². The predicted molar refractivity (Wildman–Crippen MR) is 77.5 cm³/mol. The van der Waals surface area contributed by atoms with E-state index in [0.717, 1.165) is 43.3 Å². The summed E-state index contributed by atoms with van der Waals surface area (Å²) in [6.07, 6.45) is 4.48. The van der Waals surface area contributed by atoms with Gasteiger partial charge in [0.2, 0.25) is 0 Å². The lowest BCUT2D eigenvalue weighted by Gasteiger charge is -2.29. The quantitative estimate of drug-likeness (QED) is 0.889. The molecule has 1 fully saturated rings. The first-order valence-corrected chi connectivity index (χ1v) is 7.22. The van der Waals surface area contributed by atoms with Crippen LogP contribution in [0.4, 0.5) is 0 Å². The molecule has 1 aromatic heterocycles. The molecule has 19 heavy (non-hydrogen) atoms. The van der Waals surface area contributed by atoms with E-state index < -0.39 is 0 Å². The van der Waals surface area contributed by atoms with E-state index in [2.05, 4.69) is 17.2 Å². The van der Waals surface area contributed by atoms with Crippen LogP contribution in [0.25, 0.3) is 11.0 Å². The molecule has 0 unspecified atom stereocenters. The monoisotopic (exact) mass is 259 g/mol. The lowest BCUT2D eigenvalue weighted by atomic mass is 9.91. The Morgan fingerprint density at radius 2 is 2.00 bits per heavy atom. The maximum Gasteiger partial charge on any atom is 0.326 e. The number of nitrogens with one attached hydrogen (secondary N) is 2. The number of imidazole rings is 1. The van der Waals surface area contributed by atoms with E-state index in [0.29, 0.717) is 12.1 Å². The van der Waals surface area contributed by atoms with Crippen LogP contribution >= 0.6 is 0 Å². The standard InChI is InChI=1S/C15H21N3O/c1-2-16-11-7-9-12(10-8-11)18-14-6-4-3-5-13(14)17-15(18)19/h3-6,11-12,16H,2,7-10H2,1H3,(H,17,19). The summed E-state index contributed by atoms with van der Waals surface area (Å²) in [5.41, 5.74) is 2.02. The number of aromatic nitrogens is 2. The fourth-order valence-electron chi connectivity index (χ4n) is 3.26. The SMILES string of the molecule is CCNC1CCC(n2c(=O)[nH]c3ccccc32)CC1. The largest absolute Gasteiger partial charge is 0.326 e. The van der Waals surface area contributed by atoms with Gasteiger partial charge >= 0.3 is 5.69 Å². The third kappa shape index (κ3) is 2.32. The Balaban J connectivity index is 1.86. The van der Waals surface area contributed by atoms with Crippen LogP contribution in [0.15, 0.2) is 29.1 Å². The number of hydrogen-bond donors (Lipinski definition) is 2. The maximum absolute atomic E-state index is 12.1. The Bertz CT molecular complexity index is 605. The molecular weight excluding hydrogens is 238 g/mol. The van der Waals surface area contributed by atoms with Crippen molar-refractivity contribution in [2.75, 3.05) is 6.54 Å². The van der Waals surface area contributed by atoms with E-state index in [1.54, 1.807) is 0 Å². The molecule has 1 aliphatic rings. The summed E-state index contributed by atoms with van der Waals surface area (Å²) >= 11 is 0. The molecule has 0 amide bonds. The van der Waals surface area contributed by atoms with Gasteiger partial charge in [-0.3, -0.25) is 4.57 Å². The van der Waals surface area contributed by atoms with Crippen molar-refractivity contribution in [1.29, 1.82) is 0 Å². The second-order valence-corrected chi connectivity index (χ2v) is 5.38. The Morgan fingerprint density at radius 3 is 2.74 bits per heavy atom. The van der Waals surface area contributed by atoms with Gasteiger partial charge in [-0.15, -0.1) is 0 Å². The van der Waals surface area contributed by atoms with Gasteiger partial charge in [0.25, 0.3) is 0 Å². The van der Waals surface area contributed by atoms with Crippen LogP contribution in [0.1, 0.15) is 38.6 Å². The molecule has 0 radical (unpaired) electrons. The summed E-state index contributed by atoms with van der Waals surface area (Å²) in [6, 6.07) is 8.93. The molecule has 0 atom stereocenters. The normalized spacial score (nSPS) is 23.8. The smallest absolute Gasteiger partial charge is 0.314 e. The number of aromatic amines is 1. The molecule has 3 rings (SSSR count). The highest BCUT2D eigenvalue weighted by molar-refractivity contribution is 5.75. The van der Waals surface area contributed by atoms with Gasteiger partial charge in [0, 0.05) is 12.1 Å². The van der Waals surface area contributed by atoms with Crippen LogP contribution in [0, 0.1) is 0 Å². The highest BCUT2D eigenvalue weighted by Gasteiger charge is 2.24. The van der Waals surface area contributed by atoms with Gasteiger partial charge in [0.1, 0.15) is 0 Å². The molecule has 1 heterocycles. The van der Waals surface area contributed by atoms with Crippen molar-refractivity contribution in [2.24, 2.45) is 0 Å².